The van der Waals surface area contributed by atoms with Crippen molar-refractivity contribution in [2.45, 2.75) is 31.4 Å². The molecule has 1 aliphatic carbocycles. The van der Waals surface area contributed by atoms with Crippen LogP contribution in [0.2, 0.25) is 0 Å². The molecule has 0 saturated heterocycles. The Labute approximate surface area is 160 Å². The van der Waals surface area contributed by atoms with Gasteiger partial charge in [0.2, 0.25) is 0 Å². The van der Waals surface area contributed by atoms with Crippen molar-refractivity contribution in [2.24, 2.45) is 5.73 Å². The minimum atomic E-state index is -0.419. The molecule has 1 aromatic carbocycles. The number of nitriles is 1. The monoisotopic (exact) mass is 379 g/mol. The van der Waals surface area contributed by atoms with Crippen molar-refractivity contribution in [3.05, 3.63) is 48.2 Å². The number of aromatic amines is 1. The molecule has 0 radical (unpaired) electrons. The lowest BCUT2D eigenvalue weighted by molar-refractivity contribution is 0.192. The first-order chi connectivity index (χ1) is 13.6. The van der Waals surface area contributed by atoms with Gasteiger partial charge in [-0.25, -0.2) is 14.4 Å². The fourth-order valence-corrected chi connectivity index (χ4v) is 3.22. The number of anilines is 2. The SMILES string of the molecule is N#Cc1cnc(Nc2cc(-c3c(F)cccc3O[C@@H]3CCC[C@H]3N)[nH]n2)cn1. The predicted octanol–water partition coefficient (Wildman–Crippen LogP) is 2.88. The van der Waals surface area contributed by atoms with E-state index in [1.165, 1.54) is 18.5 Å². The second kappa shape index (κ2) is 7.62. The van der Waals surface area contributed by atoms with Crippen molar-refractivity contribution in [3.8, 4) is 23.1 Å². The summed E-state index contributed by atoms with van der Waals surface area (Å²) in [5.74, 6) is 0.855. The first kappa shape index (κ1) is 17.9. The standard InChI is InChI=1S/C19H18FN7O/c20-12-3-1-6-16(28-15-5-2-4-13(15)22)19(12)14-7-17(27-26-14)25-18-10-23-11(8-21)9-24-18/h1,3,6-7,9-10,13,15H,2,4-5,22H2,(H2,24,25,26,27)/t13-,15-/m1/s1. The molecule has 4 rings (SSSR count). The van der Waals surface area contributed by atoms with E-state index < -0.39 is 5.82 Å². The van der Waals surface area contributed by atoms with Gasteiger partial charge in [-0.05, 0) is 31.4 Å². The molecule has 8 nitrogen and oxygen atoms in total. The Morgan fingerprint density at radius 2 is 2.14 bits per heavy atom. The van der Waals surface area contributed by atoms with Crippen LogP contribution in [0.4, 0.5) is 16.0 Å². The lowest BCUT2D eigenvalue weighted by Crippen LogP contribution is -2.33. The number of benzene rings is 1. The summed E-state index contributed by atoms with van der Waals surface area (Å²) >= 11 is 0. The van der Waals surface area contributed by atoms with Gasteiger partial charge in [0.15, 0.2) is 11.5 Å². The Bertz CT molecular complexity index is 1010. The van der Waals surface area contributed by atoms with Crippen molar-refractivity contribution in [3.63, 3.8) is 0 Å². The van der Waals surface area contributed by atoms with Gasteiger partial charge in [-0.3, -0.25) is 5.10 Å². The van der Waals surface area contributed by atoms with Crippen LogP contribution < -0.4 is 15.8 Å². The maximum absolute atomic E-state index is 14.6. The van der Waals surface area contributed by atoms with Crippen LogP contribution >= 0.6 is 0 Å². The van der Waals surface area contributed by atoms with Gasteiger partial charge >= 0.3 is 0 Å². The van der Waals surface area contributed by atoms with E-state index >= 15 is 0 Å². The summed E-state index contributed by atoms with van der Waals surface area (Å²) in [5, 5.41) is 18.7. The highest BCUT2D eigenvalue weighted by Gasteiger charge is 2.27. The number of rotatable bonds is 5. The maximum Gasteiger partial charge on any atom is 0.158 e. The molecule has 4 N–H and O–H groups in total. The van der Waals surface area contributed by atoms with Crippen molar-refractivity contribution < 1.29 is 9.13 Å². The van der Waals surface area contributed by atoms with Gasteiger partial charge in [0.1, 0.15) is 29.6 Å². The molecule has 9 heteroatoms. The molecule has 0 unspecified atom stereocenters. The van der Waals surface area contributed by atoms with Gasteiger partial charge in [-0.2, -0.15) is 10.4 Å². The van der Waals surface area contributed by atoms with Crippen LogP contribution in [0, 0.1) is 17.1 Å². The van der Waals surface area contributed by atoms with Crippen molar-refractivity contribution in [1.29, 1.82) is 5.26 Å². The van der Waals surface area contributed by atoms with Crippen LogP contribution in [0.1, 0.15) is 25.0 Å². The van der Waals surface area contributed by atoms with Crippen molar-refractivity contribution >= 4 is 11.6 Å². The van der Waals surface area contributed by atoms with E-state index in [9.17, 15) is 4.39 Å². The molecule has 2 aromatic heterocycles. The smallest absolute Gasteiger partial charge is 0.158 e. The summed E-state index contributed by atoms with van der Waals surface area (Å²) in [6.07, 6.45) is 5.40. The highest BCUT2D eigenvalue weighted by molar-refractivity contribution is 5.71. The molecule has 28 heavy (non-hydrogen) atoms. The molecular formula is C19H18FN7O. The molecule has 1 saturated carbocycles. The molecular weight excluding hydrogens is 361 g/mol. The second-order valence-corrected chi connectivity index (χ2v) is 6.55. The summed E-state index contributed by atoms with van der Waals surface area (Å²) in [4.78, 5) is 8.01. The molecule has 0 bridgehead atoms. The Hall–Kier alpha value is -3.51. The lowest BCUT2D eigenvalue weighted by Gasteiger charge is -2.20. The number of hydrogen-bond acceptors (Lipinski definition) is 7. The highest BCUT2D eigenvalue weighted by Crippen LogP contribution is 2.35. The molecule has 3 aromatic rings. The van der Waals surface area contributed by atoms with Crippen molar-refractivity contribution in [1.82, 2.24) is 20.2 Å². The molecule has 0 spiro atoms. The molecule has 1 aliphatic rings. The molecule has 2 atom stereocenters. The number of halogens is 1. The zero-order chi connectivity index (χ0) is 19.5. The number of nitrogens with zero attached hydrogens (tertiary/aromatic N) is 4. The van der Waals surface area contributed by atoms with Crippen LogP contribution in [0.25, 0.3) is 11.3 Å². The summed E-state index contributed by atoms with van der Waals surface area (Å²) in [6, 6.07) is 8.21. The highest BCUT2D eigenvalue weighted by atomic mass is 19.1. The Balaban J connectivity index is 1.58. The van der Waals surface area contributed by atoms with Gasteiger partial charge in [0.05, 0.1) is 23.7 Å². The molecule has 1 fully saturated rings. The molecule has 142 valence electrons. The summed E-state index contributed by atoms with van der Waals surface area (Å²) in [5.41, 5.74) is 7.06. The van der Waals surface area contributed by atoms with Gasteiger partial charge < -0.3 is 15.8 Å². The molecule has 0 amide bonds. The average Bonchev–Trinajstić information content (AvgIpc) is 3.32. The van der Waals surface area contributed by atoms with Gasteiger partial charge in [-0.1, -0.05) is 6.07 Å². The summed E-state index contributed by atoms with van der Waals surface area (Å²) in [7, 11) is 0. The minimum Gasteiger partial charge on any atom is -0.488 e. The number of ether oxygens (including phenoxy) is 1. The summed E-state index contributed by atoms with van der Waals surface area (Å²) in [6.45, 7) is 0. The van der Waals surface area contributed by atoms with E-state index in [2.05, 4.69) is 25.5 Å². The largest absolute Gasteiger partial charge is 0.488 e. The van der Waals surface area contributed by atoms with E-state index in [-0.39, 0.29) is 17.8 Å². The molecule has 0 aliphatic heterocycles. The Morgan fingerprint density at radius 1 is 1.25 bits per heavy atom. The number of hydrogen-bond donors (Lipinski definition) is 3. The summed E-state index contributed by atoms with van der Waals surface area (Å²) < 4.78 is 20.6. The van der Waals surface area contributed by atoms with E-state index in [1.807, 2.05) is 6.07 Å². The normalized spacial score (nSPS) is 18.6. The van der Waals surface area contributed by atoms with E-state index in [4.69, 9.17) is 15.7 Å². The number of nitrogens with one attached hydrogen (secondary N) is 2. The van der Waals surface area contributed by atoms with Gasteiger partial charge in [-0.15, -0.1) is 0 Å². The lowest BCUT2D eigenvalue weighted by atomic mass is 10.1. The third-order valence-electron chi connectivity index (χ3n) is 4.63. The van der Waals surface area contributed by atoms with Gasteiger partial charge in [0, 0.05) is 12.1 Å². The topological polar surface area (TPSA) is 126 Å². The number of aromatic nitrogens is 4. The van der Waals surface area contributed by atoms with E-state index in [0.717, 1.165) is 19.3 Å². The minimum absolute atomic E-state index is 0.0509. The van der Waals surface area contributed by atoms with E-state index in [1.54, 1.807) is 18.2 Å². The second-order valence-electron chi connectivity index (χ2n) is 6.55. The molecule has 2 heterocycles. The zero-order valence-corrected chi connectivity index (χ0v) is 14.9. The Kier molecular flexibility index (Phi) is 4.87. The first-order valence-electron chi connectivity index (χ1n) is 8.90. The number of nitrogens with two attached hydrogens (primary N) is 1. The van der Waals surface area contributed by atoms with Crippen LogP contribution in [0.15, 0.2) is 36.7 Å². The van der Waals surface area contributed by atoms with Crippen LogP contribution in [0.5, 0.6) is 5.75 Å². The van der Waals surface area contributed by atoms with Crippen molar-refractivity contribution in [2.75, 3.05) is 5.32 Å². The maximum atomic E-state index is 14.6. The van der Waals surface area contributed by atoms with Crippen LogP contribution in [0.3, 0.4) is 0 Å². The fraction of sp³-hybridized carbons (Fsp3) is 0.263. The quantitative estimate of drug-likeness (QED) is 0.622. The Morgan fingerprint density at radius 3 is 2.86 bits per heavy atom. The average molecular weight is 379 g/mol. The zero-order valence-electron chi connectivity index (χ0n) is 14.9. The number of H-pyrrole nitrogens is 1. The fourth-order valence-electron chi connectivity index (χ4n) is 3.22. The van der Waals surface area contributed by atoms with E-state index in [0.29, 0.717) is 28.6 Å². The first-order valence-corrected chi connectivity index (χ1v) is 8.90. The van der Waals surface area contributed by atoms with Crippen LogP contribution in [-0.2, 0) is 0 Å². The van der Waals surface area contributed by atoms with Gasteiger partial charge in [0.25, 0.3) is 0 Å². The third-order valence-corrected chi connectivity index (χ3v) is 4.63. The predicted molar refractivity (Wildman–Crippen MR) is 100 cm³/mol. The third kappa shape index (κ3) is 3.63. The van der Waals surface area contributed by atoms with Crippen LogP contribution in [-0.4, -0.2) is 32.3 Å².